The minimum absolute atomic E-state index is 0.0374. The number of nitrogens with zero attached hydrogens (tertiary/aromatic N) is 1. The minimum Gasteiger partial charge on any atom is -0.481 e. The highest BCUT2D eigenvalue weighted by molar-refractivity contribution is 7.10. The number of amides is 1. The van der Waals surface area contributed by atoms with E-state index in [0.29, 0.717) is 19.5 Å². The quantitative estimate of drug-likeness (QED) is 0.911. The molecule has 0 bridgehead atoms. The van der Waals surface area contributed by atoms with Crippen LogP contribution in [-0.2, 0) is 17.6 Å². The van der Waals surface area contributed by atoms with E-state index in [9.17, 15) is 9.59 Å². The summed E-state index contributed by atoms with van der Waals surface area (Å²) in [4.78, 5) is 26.8. The van der Waals surface area contributed by atoms with Crippen molar-refractivity contribution in [1.82, 2.24) is 4.90 Å². The maximum absolute atomic E-state index is 12.6. The van der Waals surface area contributed by atoms with E-state index in [2.05, 4.69) is 0 Å². The van der Waals surface area contributed by atoms with Gasteiger partial charge in [0.05, 0.1) is 11.5 Å². The number of aryl methyl sites for hydroxylation is 1. The van der Waals surface area contributed by atoms with Gasteiger partial charge in [0.15, 0.2) is 0 Å². The maximum atomic E-state index is 12.6. The molecule has 1 saturated heterocycles. The number of carbonyl (C=O) groups excluding carboxylic acids is 1. The highest BCUT2D eigenvalue weighted by Gasteiger charge is 2.30. The number of rotatable bonds is 2. The molecule has 1 aromatic rings. The number of likely N-dealkylation sites (tertiary alicyclic amines) is 1. The van der Waals surface area contributed by atoms with Crippen LogP contribution >= 0.6 is 11.3 Å². The van der Waals surface area contributed by atoms with E-state index in [-0.39, 0.29) is 5.91 Å². The zero-order chi connectivity index (χ0) is 14.1. The van der Waals surface area contributed by atoms with Gasteiger partial charge in [-0.15, -0.1) is 11.3 Å². The van der Waals surface area contributed by atoms with Crippen molar-refractivity contribution < 1.29 is 14.7 Å². The predicted octanol–water partition coefficient (Wildman–Crippen LogP) is 2.56. The maximum Gasteiger partial charge on any atom is 0.308 e. The Balaban J connectivity index is 1.78. The monoisotopic (exact) mass is 293 g/mol. The van der Waals surface area contributed by atoms with Crippen LogP contribution in [0.3, 0.4) is 0 Å². The molecule has 0 saturated carbocycles. The largest absolute Gasteiger partial charge is 0.481 e. The number of carboxylic acids is 1. The number of hydrogen-bond donors (Lipinski definition) is 1. The smallest absolute Gasteiger partial charge is 0.308 e. The van der Waals surface area contributed by atoms with E-state index < -0.39 is 11.9 Å². The Kier molecular flexibility index (Phi) is 3.78. The Morgan fingerprint density at radius 3 is 2.85 bits per heavy atom. The van der Waals surface area contributed by atoms with E-state index >= 15 is 0 Å². The molecule has 4 nitrogen and oxygen atoms in total. The third-order valence-corrected chi connectivity index (χ3v) is 5.44. The zero-order valence-corrected chi connectivity index (χ0v) is 12.2. The van der Waals surface area contributed by atoms with Gasteiger partial charge in [0.25, 0.3) is 5.91 Å². The highest BCUT2D eigenvalue weighted by atomic mass is 32.1. The molecule has 0 spiro atoms. The van der Waals surface area contributed by atoms with Crippen LogP contribution in [0.15, 0.2) is 5.38 Å². The summed E-state index contributed by atoms with van der Waals surface area (Å²) in [5.74, 6) is -1.15. The Labute approximate surface area is 122 Å². The number of piperidine rings is 1. The fourth-order valence-corrected chi connectivity index (χ4v) is 4.33. The summed E-state index contributed by atoms with van der Waals surface area (Å²) in [5, 5.41) is 11.1. The summed E-state index contributed by atoms with van der Waals surface area (Å²) < 4.78 is 0. The average molecular weight is 293 g/mol. The number of hydrogen-bond acceptors (Lipinski definition) is 3. The molecule has 1 aliphatic heterocycles. The van der Waals surface area contributed by atoms with Gasteiger partial charge in [-0.2, -0.15) is 0 Å². The lowest BCUT2D eigenvalue weighted by Gasteiger charge is -2.31. The van der Waals surface area contributed by atoms with Gasteiger partial charge in [-0.25, -0.2) is 0 Å². The number of aliphatic carboxylic acids is 1. The second kappa shape index (κ2) is 5.56. The molecule has 1 amide bonds. The third kappa shape index (κ3) is 2.46. The Hall–Kier alpha value is -1.36. The van der Waals surface area contributed by atoms with E-state index in [1.807, 2.05) is 5.38 Å². The van der Waals surface area contributed by atoms with Crippen LogP contribution < -0.4 is 0 Å². The molecule has 1 fully saturated rings. The molecule has 0 radical (unpaired) electrons. The van der Waals surface area contributed by atoms with E-state index in [1.165, 1.54) is 16.9 Å². The second-order valence-electron chi connectivity index (χ2n) is 5.69. The molecule has 1 aliphatic carbocycles. The van der Waals surface area contributed by atoms with Crippen LogP contribution in [0, 0.1) is 5.92 Å². The van der Waals surface area contributed by atoms with Crippen LogP contribution in [0.2, 0.25) is 0 Å². The predicted molar refractivity (Wildman–Crippen MR) is 77.2 cm³/mol. The van der Waals surface area contributed by atoms with Gasteiger partial charge >= 0.3 is 5.97 Å². The number of carboxylic acid groups (broad SMARTS) is 1. The summed E-state index contributed by atoms with van der Waals surface area (Å²) in [6, 6.07) is 0. The van der Waals surface area contributed by atoms with Gasteiger partial charge in [-0.1, -0.05) is 0 Å². The fourth-order valence-electron chi connectivity index (χ4n) is 3.21. The van der Waals surface area contributed by atoms with E-state index in [4.69, 9.17) is 5.11 Å². The molecule has 3 rings (SSSR count). The molecule has 2 aliphatic rings. The summed E-state index contributed by atoms with van der Waals surface area (Å²) in [6.45, 7) is 1.05. The van der Waals surface area contributed by atoms with E-state index in [1.54, 1.807) is 16.2 Å². The second-order valence-corrected chi connectivity index (χ2v) is 6.65. The lowest BCUT2D eigenvalue weighted by atomic mass is 9.94. The first-order valence-corrected chi connectivity index (χ1v) is 8.16. The Morgan fingerprint density at radius 1 is 1.25 bits per heavy atom. The molecular formula is C15H19NO3S. The molecule has 0 aromatic carbocycles. The van der Waals surface area contributed by atoms with Gasteiger partial charge in [0, 0.05) is 23.3 Å². The first-order valence-electron chi connectivity index (χ1n) is 7.28. The number of carbonyl (C=O) groups is 2. The van der Waals surface area contributed by atoms with E-state index in [0.717, 1.165) is 31.2 Å². The van der Waals surface area contributed by atoms with Crippen molar-refractivity contribution in [2.24, 2.45) is 5.92 Å². The molecule has 0 unspecified atom stereocenters. The minimum atomic E-state index is -0.783. The topological polar surface area (TPSA) is 57.6 Å². The number of fused-ring (bicyclic) bond motifs is 1. The van der Waals surface area contributed by atoms with Gasteiger partial charge in [0.2, 0.25) is 0 Å². The average Bonchev–Trinajstić information content (AvgIpc) is 2.90. The normalized spacial score (nSPS) is 22.4. The first kappa shape index (κ1) is 13.6. The molecular weight excluding hydrogens is 274 g/mol. The SMILES string of the molecule is O=C(O)[C@H]1CCCN(C(=O)c2csc3c2CCCC3)C1. The Morgan fingerprint density at radius 2 is 2.05 bits per heavy atom. The zero-order valence-electron chi connectivity index (χ0n) is 11.4. The molecule has 108 valence electrons. The molecule has 1 aromatic heterocycles. The van der Waals surface area contributed by atoms with Gasteiger partial charge in [-0.05, 0) is 44.1 Å². The van der Waals surface area contributed by atoms with Crippen LogP contribution in [0.4, 0.5) is 0 Å². The Bertz CT molecular complexity index is 537. The molecule has 5 heteroatoms. The van der Waals surface area contributed by atoms with Crippen molar-refractivity contribution in [2.75, 3.05) is 13.1 Å². The van der Waals surface area contributed by atoms with Crippen molar-refractivity contribution in [3.8, 4) is 0 Å². The molecule has 1 N–H and O–H groups in total. The first-order chi connectivity index (χ1) is 9.66. The molecule has 2 heterocycles. The highest BCUT2D eigenvalue weighted by Crippen LogP contribution is 2.31. The van der Waals surface area contributed by atoms with Crippen molar-refractivity contribution in [2.45, 2.75) is 38.5 Å². The standard InChI is InChI=1S/C15H19NO3S/c17-14(16-7-3-4-10(8-16)15(18)19)12-9-20-13-6-2-1-5-11(12)13/h9-10H,1-8H2,(H,18,19)/t10-/m0/s1. The number of thiophene rings is 1. The summed E-state index contributed by atoms with van der Waals surface area (Å²) in [6.07, 6.45) is 5.92. The van der Waals surface area contributed by atoms with Crippen LogP contribution in [0.1, 0.15) is 46.5 Å². The fraction of sp³-hybridized carbons (Fsp3) is 0.600. The van der Waals surface area contributed by atoms with Gasteiger partial charge < -0.3 is 10.0 Å². The van der Waals surface area contributed by atoms with Gasteiger partial charge in [0.1, 0.15) is 0 Å². The van der Waals surface area contributed by atoms with Crippen molar-refractivity contribution >= 4 is 23.2 Å². The lowest BCUT2D eigenvalue weighted by Crippen LogP contribution is -2.42. The van der Waals surface area contributed by atoms with Crippen LogP contribution in [0.25, 0.3) is 0 Å². The lowest BCUT2D eigenvalue weighted by molar-refractivity contribution is -0.143. The van der Waals surface area contributed by atoms with Crippen molar-refractivity contribution in [3.05, 3.63) is 21.4 Å². The van der Waals surface area contributed by atoms with Gasteiger partial charge in [-0.3, -0.25) is 9.59 Å². The van der Waals surface area contributed by atoms with Crippen molar-refractivity contribution in [3.63, 3.8) is 0 Å². The summed E-state index contributed by atoms with van der Waals surface area (Å²) in [5.41, 5.74) is 2.06. The van der Waals surface area contributed by atoms with Crippen LogP contribution in [-0.4, -0.2) is 35.0 Å². The third-order valence-electron chi connectivity index (χ3n) is 4.35. The summed E-state index contributed by atoms with van der Waals surface area (Å²) in [7, 11) is 0. The molecule has 1 atom stereocenters. The van der Waals surface area contributed by atoms with Crippen molar-refractivity contribution in [1.29, 1.82) is 0 Å². The van der Waals surface area contributed by atoms with Crippen LogP contribution in [0.5, 0.6) is 0 Å². The summed E-state index contributed by atoms with van der Waals surface area (Å²) >= 11 is 1.69. The molecule has 20 heavy (non-hydrogen) atoms.